The SMILES string of the molecule is CCc1cc(C(=O)N2CCc3sccc3C2C)nc2cc(B3OC(C)(C)C(C)(C)O3)nn12. The summed E-state index contributed by atoms with van der Waals surface area (Å²) in [5.74, 6) is -0.0371. The minimum atomic E-state index is -0.565. The van der Waals surface area contributed by atoms with Gasteiger partial charge in [0.2, 0.25) is 0 Å². The molecule has 0 aliphatic carbocycles. The lowest BCUT2D eigenvalue weighted by molar-refractivity contribution is 0.00578. The summed E-state index contributed by atoms with van der Waals surface area (Å²) in [5, 5.41) is 6.84. The largest absolute Gasteiger partial charge is 0.516 e. The molecule has 0 saturated carbocycles. The number of hydrogen-bond acceptors (Lipinski definition) is 6. The van der Waals surface area contributed by atoms with Crippen LogP contribution in [0.5, 0.6) is 0 Å². The maximum atomic E-state index is 13.5. The molecule has 0 spiro atoms. The monoisotopic (exact) mass is 452 g/mol. The zero-order chi connectivity index (χ0) is 22.8. The van der Waals surface area contributed by atoms with Crippen LogP contribution in [0.15, 0.2) is 23.6 Å². The van der Waals surface area contributed by atoms with Crippen LogP contribution in [-0.2, 0) is 22.2 Å². The fourth-order valence-electron chi connectivity index (χ4n) is 4.43. The molecule has 0 N–H and O–H groups in total. The lowest BCUT2D eigenvalue weighted by Gasteiger charge is -2.33. The van der Waals surface area contributed by atoms with Gasteiger partial charge >= 0.3 is 7.12 Å². The average Bonchev–Trinajstić information content (AvgIpc) is 3.43. The molecule has 9 heteroatoms. The average molecular weight is 452 g/mol. The van der Waals surface area contributed by atoms with Crippen molar-refractivity contribution in [1.82, 2.24) is 19.5 Å². The zero-order valence-electron chi connectivity index (χ0n) is 19.5. The Morgan fingerprint density at radius 3 is 2.66 bits per heavy atom. The third-order valence-corrected chi connectivity index (χ3v) is 8.13. The smallest absolute Gasteiger partial charge is 0.398 e. The van der Waals surface area contributed by atoms with E-state index in [1.165, 1.54) is 10.4 Å². The van der Waals surface area contributed by atoms with Gasteiger partial charge in [0.25, 0.3) is 5.91 Å². The summed E-state index contributed by atoms with van der Waals surface area (Å²) in [4.78, 5) is 21.5. The minimum absolute atomic E-state index is 0.0371. The van der Waals surface area contributed by atoms with E-state index in [1.807, 2.05) is 44.7 Å². The number of hydrogen-bond donors (Lipinski definition) is 0. The summed E-state index contributed by atoms with van der Waals surface area (Å²) in [6, 6.07) is 5.92. The highest BCUT2D eigenvalue weighted by molar-refractivity contribution is 7.10. The quantitative estimate of drug-likeness (QED) is 0.570. The van der Waals surface area contributed by atoms with Crippen molar-refractivity contribution >= 4 is 35.6 Å². The van der Waals surface area contributed by atoms with E-state index in [2.05, 4.69) is 25.3 Å². The number of amides is 1. The van der Waals surface area contributed by atoms with Gasteiger partial charge in [0, 0.05) is 23.2 Å². The lowest BCUT2D eigenvalue weighted by Crippen LogP contribution is -2.41. The van der Waals surface area contributed by atoms with Crippen LogP contribution in [0.4, 0.5) is 0 Å². The maximum absolute atomic E-state index is 13.5. The first-order valence-electron chi connectivity index (χ1n) is 11.2. The second kappa shape index (κ2) is 7.40. The second-order valence-electron chi connectivity index (χ2n) is 9.64. The molecule has 1 fully saturated rings. The van der Waals surface area contributed by atoms with Crippen LogP contribution >= 0.6 is 11.3 Å². The lowest BCUT2D eigenvalue weighted by atomic mass is 9.85. The summed E-state index contributed by atoms with van der Waals surface area (Å²) in [7, 11) is -0.565. The summed E-state index contributed by atoms with van der Waals surface area (Å²) in [6.07, 6.45) is 1.62. The minimum Gasteiger partial charge on any atom is -0.398 e. The Balaban J connectivity index is 1.49. The molecule has 1 saturated heterocycles. The predicted octanol–water partition coefficient (Wildman–Crippen LogP) is 3.41. The molecule has 2 aliphatic rings. The Hall–Kier alpha value is -2.23. The fraction of sp³-hybridized carbons (Fsp3) is 0.522. The van der Waals surface area contributed by atoms with Crippen molar-refractivity contribution in [3.05, 3.63) is 45.4 Å². The molecule has 2 aliphatic heterocycles. The van der Waals surface area contributed by atoms with Crippen molar-refractivity contribution < 1.29 is 14.1 Å². The highest BCUT2D eigenvalue weighted by atomic mass is 32.1. The third-order valence-electron chi connectivity index (χ3n) is 7.13. The number of fused-ring (bicyclic) bond motifs is 2. The summed E-state index contributed by atoms with van der Waals surface area (Å²) >= 11 is 1.77. The van der Waals surface area contributed by atoms with Gasteiger partial charge in [-0.1, -0.05) is 6.92 Å². The number of carbonyl (C=O) groups excluding carboxylic acids is 1. The number of aromatic nitrogens is 3. The van der Waals surface area contributed by atoms with E-state index in [1.54, 1.807) is 15.9 Å². The molecule has 3 aromatic rings. The molecular formula is C23H29BN4O3S. The van der Waals surface area contributed by atoms with Crippen molar-refractivity contribution in [3.8, 4) is 0 Å². The van der Waals surface area contributed by atoms with Crippen molar-refractivity contribution in [1.29, 1.82) is 0 Å². The Morgan fingerprint density at radius 1 is 1.25 bits per heavy atom. The molecule has 0 aromatic carbocycles. The van der Waals surface area contributed by atoms with E-state index in [-0.39, 0.29) is 11.9 Å². The highest BCUT2D eigenvalue weighted by Gasteiger charge is 2.52. The van der Waals surface area contributed by atoms with Crippen molar-refractivity contribution in [3.63, 3.8) is 0 Å². The van der Waals surface area contributed by atoms with Gasteiger partial charge < -0.3 is 14.2 Å². The zero-order valence-corrected chi connectivity index (χ0v) is 20.3. The maximum Gasteiger partial charge on any atom is 0.516 e. The highest BCUT2D eigenvalue weighted by Crippen LogP contribution is 2.36. The molecule has 1 amide bonds. The van der Waals surface area contributed by atoms with Gasteiger partial charge in [-0.05, 0) is 70.5 Å². The van der Waals surface area contributed by atoms with Gasteiger partial charge in [0.1, 0.15) is 5.69 Å². The van der Waals surface area contributed by atoms with Crippen LogP contribution in [0.25, 0.3) is 5.65 Å². The van der Waals surface area contributed by atoms with Crippen LogP contribution in [0.1, 0.15) is 74.2 Å². The molecule has 3 aromatic heterocycles. The Morgan fingerprint density at radius 2 is 1.97 bits per heavy atom. The molecule has 5 rings (SSSR count). The topological polar surface area (TPSA) is 69.0 Å². The number of aryl methyl sites for hydroxylation is 1. The standard InChI is InChI=1S/C23H29BN4O3S/c1-7-15-12-17(21(29)27-10-8-18-16(14(27)2)9-11-32-18)25-20-13-19(26-28(15)20)24-30-22(3,4)23(5,6)31-24/h9,11-14H,7-8,10H2,1-6H3. The van der Waals surface area contributed by atoms with Crippen LogP contribution in [0.2, 0.25) is 0 Å². The molecule has 7 nitrogen and oxygen atoms in total. The molecule has 1 atom stereocenters. The van der Waals surface area contributed by atoms with Gasteiger partial charge in [-0.15, -0.1) is 11.3 Å². The van der Waals surface area contributed by atoms with E-state index in [0.29, 0.717) is 23.5 Å². The van der Waals surface area contributed by atoms with E-state index >= 15 is 0 Å². The van der Waals surface area contributed by atoms with Crippen LogP contribution in [0.3, 0.4) is 0 Å². The van der Waals surface area contributed by atoms with Gasteiger partial charge in [0.05, 0.1) is 22.8 Å². The molecular weight excluding hydrogens is 423 g/mol. The number of nitrogens with zero attached hydrogens (tertiary/aromatic N) is 4. The van der Waals surface area contributed by atoms with Crippen LogP contribution < -0.4 is 5.59 Å². The Kier molecular flexibility index (Phi) is 5.00. The molecule has 0 radical (unpaired) electrons. The second-order valence-corrected chi connectivity index (χ2v) is 10.6. The number of carbonyl (C=O) groups is 1. The predicted molar refractivity (Wildman–Crippen MR) is 126 cm³/mol. The van der Waals surface area contributed by atoms with Gasteiger partial charge in [-0.3, -0.25) is 4.79 Å². The van der Waals surface area contributed by atoms with Gasteiger partial charge in [-0.25, -0.2) is 9.50 Å². The van der Waals surface area contributed by atoms with E-state index < -0.39 is 18.3 Å². The first kappa shape index (κ1) is 21.6. The van der Waals surface area contributed by atoms with Crippen LogP contribution in [0, 0.1) is 0 Å². The Bertz CT molecular complexity index is 1190. The third kappa shape index (κ3) is 3.29. The van der Waals surface area contributed by atoms with Crippen molar-refractivity contribution in [2.45, 2.75) is 71.6 Å². The molecule has 168 valence electrons. The van der Waals surface area contributed by atoms with Crippen molar-refractivity contribution in [2.24, 2.45) is 0 Å². The van der Waals surface area contributed by atoms with E-state index in [4.69, 9.17) is 19.4 Å². The van der Waals surface area contributed by atoms with E-state index in [0.717, 1.165) is 18.5 Å². The van der Waals surface area contributed by atoms with Gasteiger partial charge in [0.15, 0.2) is 5.65 Å². The van der Waals surface area contributed by atoms with Crippen LogP contribution in [-0.4, -0.2) is 50.3 Å². The fourth-order valence-corrected chi connectivity index (χ4v) is 5.39. The number of thiophene rings is 1. The van der Waals surface area contributed by atoms with E-state index in [9.17, 15) is 4.79 Å². The Labute approximate surface area is 192 Å². The van der Waals surface area contributed by atoms with Gasteiger partial charge in [-0.2, -0.15) is 5.10 Å². The summed E-state index contributed by atoms with van der Waals surface area (Å²) in [6.45, 7) is 12.9. The molecule has 0 bridgehead atoms. The molecule has 5 heterocycles. The molecule has 32 heavy (non-hydrogen) atoms. The first-order valence-corrected chi connectivity index (χ1v) is 12.1. The molecule has 1 unspecified atom stereocenters. The first-order chi connectivity index (χ1) is 15.1. The normalized spacial score (nSPS) is 21.9. The van der Waals surface area contributed by atoms with Crippen molar-refractivity contribution in [2.75, 3.05) is 6.54 Å². The summed E-state index contributed by atoms with van der Waals surface area (Å²) in [5.41, 5.74) is 3.06. The number of rotatable bonds is 3. The summed E-state index contributed by atoms with van der Waals surface area (Å²) < 4.78 is 14.1.